The van der Waals surface area contributed by atoms with Gasteiger partial charge in [-0.1, -0.05) is 19.2 Å². The van der Waals surface area contributed by atoms with Crippen molar-refractivity contribution in [3.05, 3.63) is 104 Å². The predicted octanol–water partition coefficient (Wildman–Crippen LogP) is 6.31. The van der Waals surface area contributed by atoms with E-state index in [-0.39, 0.29) is 7.43 Å². The van der Waals surface area contributed by atoms with Gasteiger partial charge in [0.1, 0.15) is 11.6 Å². The third-order valence-electron chi connectivity index (χ3n) is 6.35. The number of halogens is 3. The van der Waals surface area contributed by atoms with E-state index in [0.29, 0.717) is 5.16 Å². The van der Waals surface area contributed by atoms with E-state index in [1.54, 1.807) is 33.9 Å². The summed E-state index contributed by atoms with van der Waals surface area (Å²) < 4.78 is 21.1. The summed E-state index contributed by atoms with van der Waals surface area (Å²) in [5.74, 6) is 1.58. The van der Waals surface area contributed by atoms with Crippen molar-refractivity contribution in [1.29, 1.82) is 0 Å². The molecule has 8 aromatic rings. The molecule has 274 valence electrons. The first-order valence-corrected chi connectivity index (χ1v) is 19.9. The van der Waals surface area contributed by atoms with Gasteiger partial charge in [-0.25, -0.2) is 38.0 Å². The first-order chi connectivity index (χ1) is 24.3. The molecule has 0 aliphatic heterocycles. The minimum absolute atomic E-state index is 0. The lowest BCUT2D eigenvalue weighted by Crippen LogP contribution is -2.01. The Morgan fingerprint density at radius 2 is 1.04 bits per heavy atom. The molecule has 0 aromatic carbocycles. The Hall–Kier alpha value is -3.60. The van der Waals surface area contributed by atoms with Gasteiger partial charge in [0.25, 0.3) is 0 Å². The highest BCUT2D eigenvalue weighted by Gasteiger charge is 2.05. The van der Waals surface area contributed by atoms with E-state index in [1.807, 2.05) is 91.3 Å². The summed E-state index contributed by atoms with van der Waals surface area (Å²) in [7, 11) is -2.30. The van der Waals surface area contributed by atoms with Crippen LogP contribution >= 0.6 is 59.6 Å². The first kappa shape index (κ1) is 42.8. The Bertz CT molecular complexity index is 2320. The van der Waals surface area contributed by atoms with E-state index < -0.39 is 17.9 Å². The van der Waals surface area contributed by atoms with Crippen LogP contribution in [0.1, 0.15) is 24.6 Å². The molecule has 0 spiro atoms. The number of fused-ring (bicyclic) bond motifs is 4. The lowest BCUT2D eigenvalue weighted by Gasteiger charge is -1.96. The number of aryl methyl sites for hydroxylation is 3. The number of nitrogens with zero attached hydrogens (tertiary/aromatic N) is 12. The molecule has 0 saturated heterocycles. The van der Waals surface area contributed by atoms with Crippen LogP contribution in [0.4, 0.5) is 0 Å². The van der Waals surface area contributed by atoms with Crippen LogP contribution in [0.2, 0.25) is 6.82 Å². The highest BCUT2D eigenvalue weighted by molar-refractivity contribution is 9.11. The molecule has 0 amide bonds. The maximum atomic E-state index is 11.1. The summed E-state index contributed by atoms with van der Waals surface area (Å²) in [5.41, 5.74) is 5.15. The van der Waals surface area contributed by atoms with Crippen molar-refractivity contribution in [2.75, 3.05) is 12.5 Å². The van der Waals surface area contributed by atoms with Gasteiger partial charge in [0, 0.05) is 44.5 Å². The SMILES string of the molecule is C.CB(O)O.CS(=O)c1ncc2c(Br)ccn2n1.CSc1ncc2c(Br)ccn2n1.Cc1ncc2c(Br)ccn2n1.Cc1ncc2c(C)ccn2n1. The quantitative estimate of drug-likeness (QED) is 0.146. The van der Waals surface area contributed by atoms with E-state index >= 15 is 0 Å². The molecule has 1 unspecified atom stereocenters. The standard InChI is InChI=1S/C8H9N3.C7H6BrN3OS.C7H6BrN3S.C7H6BrN3.CH5BO2.CH4/c1-6-3-4-11-8(6)5-9-7(2)10-11;1-13(12)7-9-4-6-5(8)2-3-11(6)10-7;1-12-7-9-4-6-5(8)2-3-11(6)10-7;1-5-9-4-7-6(8)2-3-11(7)10-5;1-2(3)4;/h3-5H,1-2H3;2-4H,1H3;2-4H,1H3;2-4H,1H3;3-4H,1H3;1H4. The molecule has 8 heterocycles. The second-order valence-corrected chi connectivity index (χ2v) is 14.9. The van der Waals surface area contributed by atoms with Crippen molar-refractivity contribution < 1.29 is 14.3 Å². The Kier molecular flexibility index (Phi) is 16.5. The zero-order valence-corrected chi connectivity index (χ0v) is 34.5. The van der Waals surface area contributed by atoms with Crippen LogP contribution in [0.25, 0.3) is 22.1 Å². The highest BCUT2D eigenvalue weighted by Crippen LogP contribution is 2.19. The molecule has 0 bridgehead atoms. The number of hydrogen-bond donors (Lipinski definition) is 2. The van der Waals surface area contributed by atoms with E-state index in [4.69, 9.17) is 10.0 Å². The van der Waals surface area contributed by atoms with Gasteiger partial charge >= 0.3 is 7.12 Å². The summed E-state index contributed by atoms with van der Waals surface area (Å²) in [4.78, 5) is 16.3. The first-order valence-electron chi connectivity index (χ1n) is 14.7. The van der Waals surface area contributed by atoms with Crippen molar-refractivity contribution in [3.8, 4) is 0 Å². The van der Waals surface area contributed by atoms with Crippen LogP contribution in [0.5, 0.6) is 0 Å². The molecule has 15 nitrogen and oxygen atoms in total. The fraction of sp³-hybridized carbons (Fsp3) is 0.226. The monoisotopic (exact) mass is 936 g/mol. The van der Waals surface area contributed by atoms with E-state index in [1.165, 1.54) is 24.1 Å². The summed E-state index contributed by atoms with van der Waals surface area (Å²) in [6.07, 6.45) is 18.1. The van der Waals surface area contributed by atoms with Crippen molar-refractivity contribution in [3.63, 3.8) is 0 Å². The summed E-state index contributed by atoms with van der Waals surface area (Å²) in [6.45, 7) is 7.08. The minimum Gasteiger partial charge on any atom is -0.427 e. The van der Waals surface area contributed by atoms with Gasteiger partial charge in [-0.2, -0.15) is 10.2 Å². The van der Waals surface area contributed by atoms with Crippen LogP contribution < -0.4 is 0 Å². The second-order valence-electron chi connectivity index (χ2n) is 10.3. The molecule has 52 heavy (non-hydrogen) atoms. The second kappa shape index (κ2) is 20.0. The highest BCUT2D eigenvalue weighted by atomic mass is 79.9. The molecule has 2 N–H and O–H groups in total. The molecular weight excluding hydrogens is 903 g/mol. The average Bonchev–Trinajstić information content (AvgIpc) is 3.87. The molecule has 0 radical (unpaired) electrons. The van der Waals surface area contributed by atoms with Gasteiger partial charge in [-0.3, -0.25) is 4.21 Å². The molecule has 0 aliphatic rings. The van der Waals surface area contributed by atoms with Gasteiger partial charge in [-0.05, 0) is 111 Å². The van der Waals surface area contributed by atoms with Crippen LogP contribution in [0.3, 0.4) is 0 Å². The van der Waals surface area contributed by atoms with Gasteiger partial charge in [0.05, 0.1) is 57.7 Å². The largest absolute Gasteiger partial charge is 0.448 e. The maximum absolute atomic E-state index is 11.1. The van der Waals surface area contributed by atoms with E-state index in [0.717, 1.165) is 52.3 Å². The van der Waals surface area contributed by atoms with E-state index in [9.17, 15) is 4.21 Å². The summed E-state index contributed by atoms with van der Waals surface area (Å²) in [5, 5.41) is 33.0. The topological polar surface area (TPSA) is 178 Å². The fourth-order valence-corrected chi connectivity index (χ4v) is 5.94. The van der Waals surface area contributed by atoms with Gasteiger partial charge in [-0.15, -0.1) is 10.2 Å². The van der Waals surface area contributed by atoms with Crippen molar-refractivity contribution in [2.45, 2.75) is 45.3 Å². The Balaban J connectivity index is 0.000000180. The third-order valence-corrected chi connectivity index (χ3v) is 9.62. The zero-order valence-electron chi connectivity index (χ0n) is 28.1. The number of rotatable bonds is 2. The Morgan fingerprint density at radius 1 is 0.654 bits per heavy atom. The molecule has 21 heteroatoms. The summed E-state index contributed by atoms with van der Waals surface area (Å²) >= 11 is 11.7. The fourth-order valence-electron chi connectivity index (χ4n) is 4.00. The van der Waals surface area contributed by atoms with Crippen molar-refractivity contribution >= 4 is 99.5 Å². The van der Waals surface area contributed by atoms with Crippen molar-refractivity contribution in [2.24, 2.45) is 0 Å². The van der Waals surface area contributed by atoms with Crippen molar-refractivity contribution in [1.82, 2.24) is 58.4 Å². The van der Waals surface area contributed by atoms with Gasteiger partial charge < -0.3 is 10.0 Å². The average molecular weight is 939 g/mol. The molecule has 8 rings (SSSR count). The van der Waals surface area contributed by atoms with Crippen LogP contribution in [0, 0.1) is 20.8 Å². The van der Waals surface area contributed by atoms with Crippen LogP contribution in [0.15, 0.2) is 97.6 Å². The smallest absolute Gasteiger partial charge is 0.427 e. The minimum atomic E-state index is -1.17. The summed E-state index contributed by atoms with van der Waals surface area (Å²) in [6, 6.07) is 7.80. The number of hydrogen-bond acceptors (Lipinski definition) is 12. The normalized spacial score (nSPS) is 10.9. The Labute approximate surface area is 332 Å². The predicted molar refractivity (Wildman–Crippen MR) is 216 cm³/mol. The number of thioether (sulfide) groups is 1. The van der Waals surface area contributed by atoms with Gasteiger partial charge in [0.2, 0.25) is 10.3 Å². The lowest BCUT2D eigenvalue weighted by molar-refractivity contribution is 0.417. The van der Waals surface area contributed by atoms with E-state index in [2.05, 4.69) is 88.1 Å². The zero-order chi connectivity index (χ0) is 37.2. The third kappa shape index (κ3) is 11.7. The number of aromatic nitrogens is 12. The molecule has 8 aromatic heterocycles. The Morgan fingerprint density at radius 3 is 1.52 bits per heavy atom. The van der Waals surface area contributed by atoms with Crippen LogP contribution in [-0.4, -0.2) is 92.3 Å². The molecule has 0 aliphatic carbocycles. The lowest BCUT2D eigenvalue weighted by atomic mass is 9.99. The van der Waals surface area contributed by atoms with Gasteiger partial charge in [0.15, 0.2) is 0 Å². The maximum Gasteiger partial charge on any atom is 0.448 e. The molecular formula is C31H36BBr3N12O3S2. The molecule has 1 atom stereocenters. The molecule has 0 fully saturated rings. The molecule has 0 saturated carbocycles. The van der Waals surface area contributed by atoms with Crippen LogP contribution in [-0.2, 0) is 10.8 Å².